The average Bonchev–Trinajstić information content (AvgIpc) is 3.48. The Hall–Kier alpha value is -1.64. The van der Waals surface area contributed by atoms with E-state index in [4.69, 9.17) is 13.9 Å². The van der Waals surface area contributed by atoms with Gasteiger partial charge < -0.3 is 19.0 Å². The highest BCUT2D eigenvalue weighted by molar-refractivity contribution is 6.74. The van der Waals surface area contributed by atoms with E-state index in [-0.39, 0.29) is 46.5 Å². The minimum Gasteiger partial charge on any atom is -0.541 e. The van der Waals surface area contributed by atoms with E-state index in [1.54, 1.807) is 0 Å². The molecule has 2 saturated heterocycles. The number of hydrogen-bond acceptors (Lipinski definition) is 7. The topological polar surface area (TPSA) is 85.3 Å². The van der Waals surface area contributed by atoms with Gasteiger partial charge in [0, 0.05) is 24.9 Å². The first-order valence-corrected chi connectivity index (χ1v) is 17.2. The predicted molar refractivity (Wildman–Crippen MR) is 141 cm³/mol. The predicted octanol–water partition coefficient (Wildman–Crippen LogP) is 4.18. The van der Waals surface area contributed by atoms with Crippen LogP contribution >= 0.6 is 0 Å². The van der Waals surface area contributed by atoms with Crippen molar-refractivity contribution in [2.75, 3.05) is 19.7 Å². The van der Waals surface area contributed by atoms with E-state index < -0.39 is 25.4 Å². The van der Waals surface area contributed by atoms with Crippen molar-refractivity contribution in [1.29, 1.82) is 0 Å². The van der Waals surface area contributed by atoms with Crippen LogP contribution in [-0.2, 0) is 23.5 Å². The standard InChI is InChI=1S/C29H43NO6Si/c1-7-34-26(32)19-14-18(19)16-30-13-12-28-23-17-8-9-21(36-37(5,6)27(2,3)4)24(23)35-25(28)20(31)10-11-29(28,33)22(30)15-17/h8-9,17-19,22-23,25,33H,7,10-16H2,1-6H3/t17?,18?,19-,22-,23?,25+,28+,29-/m1/s1. The van der Waals surface area contributed by atoms with Crippen LogP contribution in [0, 0.1) is 29.1 Å². The fraction of sp³-hybridized carbons (Fsp3) is 0.793. The molecule has 8 atom stereocenters. The number of rotatable bonds is 6. The van der Waals surface area contributed by atoms with E-state index in [2.05, 4.69) is 50.9 Å². The van der Waals surface area contributed by atoms with Gasteiger partial charge in [0.25, 0.3) is 8.32 Å². The van der Waals surface area contributed by atoms with Gasteiger partial charge in [-0.2, -0.15) is 0 Å². The number of hydrogen-bond donors (Lipinski definition) is 1. The van der Waals surface area contributed by atoms with Gasteiger partial charge in [-0.15, -0.1) is 0 Å². The SMILES string of the molecule is CCOC(=O)[C@@H]1CC1CN1CC[C@@]23C4C5=C(O[Si](C)(C)C(C)(C)C)C=CC4C[C@@H]1[C@]2(O)CCC(=O)[C@@H]3O5. The molecule has 4 aliphatic carbocycles. The first-order valence-electron chi connectivity index (χ1n) is 14.3. The number of likely N-dealkylation sites (tertiary alicyclic amines) is 1. The molecule has 2 bridgehead atoms. The van der Waals surface area contributed by atoms with Crippen LogP contribution in [0.5, 0.6) is 0 Å². The highest BCUT2D eigenvalue weighted by atomic mass is 28.4. The van der Waals surface area contributed by atoms with Gasteiger partial charge in [0.2, 0.25) is 0 Å². The van der Waals surface area contributed by atoms with E-state index in [1.807, 2.05) is 6.92 Å². The Morgan fingerprint density at radius 1 is 1.27 bits per heavy atom. The number of ether oxygens (including phenoxy) is 2. The molecule has 1 spiro atoms. The van der Waals surface area contributed by atoms with Crippen molar-refractivity contribution in [2.24, 2.45) is 29.1 Å². The number of piperidine rings is 1. The third-order valence-corrected chi connectivity index (χ3v) is 15.4. The largest absolute Gasteiger partial charge is 0.541 e. The lowest BCUT2D eigenvalue weighted by atomic mass is 9.44. The van der Waals surface area contributed by atoms with Crippen molar-refractivity contribution in [2.45, 2.75) is 95.7 Å². The molecule has 3 unspecified atom stereocenters. The molecule has 0 aromatic rings. The molecule has 0 aromatic carbocycles. The molecule has 7 nitrogen and oxygen atoms in total. The van der Waals surface area contributed by atoms with Gasteiger partial charge in [0.15, 0.2) is 11.9 Å². The van der Waals surface area contributed by atoms with E-state index in [9.17, 15) is 14.7 Å². The normalized spacial score (nSPS) is 42.3. The van der Waals surface area contributed by atoms with Crippen molar-refractivity contribution in [3.63, 3.8) is 0 Å². The molecule has 6 aliphatic rings. The first-order chi connectivity index (χ1) is 17.3. The molecule has 37 heavy (non-hydrogen) atoms. The second kappa shape index (κ2) is 8.18. The third-order valence-electron chi connectivity index (χ3n) is 11.0. The summed E-state index contributed by atoms with van der Waals surface area (Å²) in [4.78, 5) is 28.0. The molecule has 3 saturated carbocycles. The lowest BCUT2D eigenvalue weighted by Crippen LogP contribution is -2.76. The number of carbonyl (C=O) groups is 2. The second-order valence-corrected chi connectivity index (χ2v) is 18.6. The minimum absolute atomic E-state index is 0.0172. The number of ketones is 1. The fourth-order valence-corrected chi connectivity index (χ4v) is 9.05. The minimum atomic E-state index is -2.12. The third kappa shape index (κ3) is 3.50. The summed E-state index contributed by atoms with van der Waals surface area (Å²) in [6.45, 7) is 15.0. The monoisotopic (exact) mass is 529 g/mol. The van der Waals surface area contributed by atoms with Crippen LogP contribution in [-0.4, -0.2) is 67.5 Å². The van der Waals surface area contributed by atoms with E-state index in [0.717, 1.165) is 43.9 Å². The highest BCUT2D eigenvalue weighted by Crippen LogP contribution is 2.69. The number of carbonyl (C=O) groups excluding carboxylic acids is 2. The summed E-state index contributed by atoms with van der Waals surface area (Å²) in [5.74, 6) is 2.07. The van der Waals surface area contributed by atoms with Crippen LogP contribution in [0.25, 0.3) is 0 Å². The summed E-state index contributed by atoms with van der Waals surface area (Å²) < 4.78 is 18.6. The Morgan fingerprint density at radius 2 is 2.03 bits per heavy atom. The molecule has 204 valence electrons. The molecule has 2 heterocycles. The molecule has 0 amide bonds. The van der Waals surface area contributed by atoms with E-state index in [0.29, 0.717) is 19.4 Å². The maximum atomic E-state index is 13.4. The van der Waals surface area contributed by atoms with Crippen LogP contribution in [0.3, 0.4) is 0 Å². The van der Waals surface area contributed by atoms with Gasteiger partial charge in [0.05, 0.1) is 23.5 Å². The zero-order valence-electron chi connectivity index (χ0n) is 23.2. The zero-order chi connectivity index (χ0) is 26.5. The van der Waals surface area contributed by atoms with Crippen molar-refractivity contribution >= 4 is 20.1 Å². The molecule has 5 fully saturated rings. The number of nitrogens with zero attached hydrogens (tertiary/aromatic N) is 1. The number of allylic oxidation sites excluding steroid dienone is 3. The summed E-state index contributed by atoms with van der Waals surface area (Å²) in [5, 5.41) is 12.6. The molecule has 0 radical (unpaired) electrons. The van der Waals surface area contributed by atoms with Gasteiger partial charge in [-0.3, -0.25) is 14.5 Å². The molecule has 1 N–H and O–H groups in total. The average molecular weight is 530 g/mol. The van der Waals surface area contributed by atoms with Crippen LogP contribution in [0.1, 0.15) is 59.8 Å². The Labute approximate surface area is 221 Å². The van der Waals surface area contributed by atoms with Crippen molar-refractivity contribution in [1.82, 2.24) is 4.90 Å². The van der Waals surface area contributed by atoms with E-state index in [1.165, 1.54) is 0 Å². The zero-order valence-corrected chi connectivity index (χ0v) is 24.2. The summed E-state index contributed by atoms with van der Waals surface area (Å²) in [6.07, 6.45) is 6.98. The first kappa shape index (κ1) is 25.6. The molecular formula is C29H43NO6Si. The number of Topliss-reactive ketones (excluding diaryl/α,β-unsaturated/α-hetero) is 1. The van der Waals surface area contributed by atoms with E-state index >= 15 is 0 Å². The Morgan fingerprint density at radius 3 is 2.73 bits per heavy atom. The Balaban J connectivity index is 1.33. The van der Waals surface area contributed by atoms with Crippen LogP contribution < -0.4 is 0 Å². The Bertz CT molecular complexity index is 1080. The lowest BCUT2D eigenvalue weighted by Gasteiger charge is -2.65. The molecule has 6 rings (SSSR count). The lowest BCUT2D eigenvalue weighted by molar-refractivity contribution is -0.244. The fourth-order valence-electron chi connectivity index (χ4n) is 8.02. The summed E-state index contributed by atoms with van der Waals surface area (Å²) in [6, 6.07) is -0.0444. The van der Waals surface area contributed by atoms with Gasteiger partial charge >= 0.3 is 5.97 Å². The summed E-state index contributed by atoms with van der Waals surface area (Å²) in [5.41, 5.74) is -1.60. The van der Waals surface area contributed by atoms with Gasteiger partial charge in [0.1, 0.15) is 11.5 Å². The molecule has 2 aliphatic heterocycles. The number of esters is 1. The Kier molecular flexibility index (Phi) is 5.67. The van der Waals surface area contributed by atoms with Gasteiger partial charge in [-0.1, -0.05) is 26.8 Å². The quantitative estimate of drug-likeness (QED) is 0.408. The van der Waals surface area contributed by atoms with Crippen molar-refractivity contribution < 1.29 is 28.6 Å². The van der Waals surface area contributed by atoms with Crippen molar-refractivity contribution in [3.05, 3.63) is 23.7 Å². The molecule has 8 heteroatoms. The van der Waals surface area contributed by atoms with Crippen LogP contribution in [0.2, 0.25) is 18.1 Å². The second-order valence-electron chi connectivity index (χ2n) is 13.9. The van der Waals surface area contributed by atoms with Gasteiger partial charge in [-0.05, 0) is 75.2 Å². The smallest absolute Gasteiger partial charge is 0.309 e. The van der Waals surface area contributed by atoms with Crippen molar-refractivity contribution in [3.8, 4) is 0 Å². The summed E-state index contributed by atoms with van der Waals surface area (Å²) in [7, 11) is -2.12. The number of aliphatic hydroxyl groups is 1. The van der Waals surface area contributed by atoms with Crippen LogP contribution in [0.4, 0.5) is 0 Å². The highest BCUT2D eigenvalue weighted by Gasteiger charge is 2.77. The molecule has 0 aromatic heterocycles. The van der Waals surface area contributed by atoms with Gasteiger partial charge in [-0.25, -0.2) is 0 Å². The maximum absolute atomic E-state index is 13.4. The summed E-state index contributed by atoms with van der Waals surface area (Å²) >= 11 is 0. The molecular weight excluding hydrogens is 486 g/mol. The maximum Gasteiger partial charge on any atom is 0.309 e. The van der Waals surface area contributed by atoms with Crippen LogP contribution in [0.15, 0.2) is 23.7 Å².